The van der Waals surface area contributed by atoms with Crippen molar-refractivity contribution in [2.45, 2.75) is 68.4 Å². The van der Waals surface area contributed by atoms with E-state index in [-0.39, 0.29) is 42.3 Å². The lowest BCUT2D eigenvalue weighted by atomic mass is 10.0. The molecule has 0 spiro atoms. The Balaban J connectivity index is 0.827. The average molecular weight is 661 g/mol. The fourth-order valence-corrected chi connectivity index (χ4v) is 7.72. The number of rotatable bonds is 19. The number of urea groups is 1. The maximum absolute atomic E-state index is 12.9. The first-order chi connectivity index (χ1) is 22.4. The number of benzene rings is 1. The first-order valence-corrected chi connectivity index (χ1v) is 17.1. The minimum absolute atomic E-state index is 0.0265. The van der Waals surface area contributed by atoms with Crippen LogP contribution in [0.1, 0.15) is 54.4 Å². The second-order valence-corrected chi connectivity index (χ2v) is 13.0. The highest BCUT2D eigenvalue weighted by Gasteiger charge is 2.42. The molecule has 0 aliphatic carbocycles. The number of fused-ring (bicyclic) bond motifs is 2. The Labute approximate surface area is 272 Å². The van der Waals surface area contributed by atoms with Crippen LogP contribution in [0.15, 0.2) is 18.2 Å². The summed E-state index contributed by atoms with van der Waals surface area (Å²) in [7, 11) is 0. The maximum Gasteiger partial charge on any atom is 0.315 e. The zero-order valence-corrected chi connectivity index (χ0v) is 26.8. The fourth-order valence-electron chi connectivity index (χ4n) is 6.18. The van der Waals surface area contributed by atoms with Crippen molar-refractivity contribution >= 4 is 47.1 Å². The van der Waals surface area contributed by atoms with E-state index in [1.165, 1.54) is 4.90 Å². The highest BCUT2D eigenvalue weighted by molar-refractivity contribution is 8.00. The van der Waals surface area contributed by atoms with Crippen molar-refractivity contribution < 1.29 is 38.2 Å². The number of amides is 6. The van der Waals surface area contributed by atoms with Crippen molar-refractivity contribution in [3.05, 3.63) is 29.3 Å². The van der Waals surface area contributed by atoms with Crippen molar-refractivity contribution in [1.29, 1.82) is 0 Å². The smallest absolute Gasteiger partial charge is 0.315 e. The van der Waals surface area contributed by atoms with Gasteiger partial charge < -0.3 is 40.4 Å². The van der Waals surface area contributed by atoms with Gasteiger partial charge in [-0.15, -0.1) is 0 Å². The molecule has 3 saturated heterocycles. The summed E-state index contributed by atoms with van der Waals surface area (Å²) in [6.07, 6.45) is 3.83. The standard InChI is InChI=1S/C31H44N6O8S/c38-26(7-2-1-6-25-28-23(19-46-25)34-31(42)36-28)33-11-13-44-15-17-45-16-14-43-12-10-32-22-5-3-4-20-21(22)18-37(30(20)41)24-8-9-27(39)35-29(24)40/h3-5,23-25,28,32H,1-2,6-19H2,(H,33,38)(H2,34,36,42)(H,35,39,40)/t23-,24?,25-,28-/m0/s1. The number of carbonyl (C=O) groups excluding carboxylic acids is 5. The van der Waals surface area contributed by atoms with Gasteiger partial charge in [0.1, 0.15) is 6.04 Å². The molecule has 15 heteroatoms. The number of nitrogens with one attached hydrogen (secondary N) is 5. The second-order valence-electron chi connectivity index (χ2n) is 11.7. The zero-order valence-electron chi connectivity index (χ0n) is 26.0. The van der Waals surface area contributed by atoms with Crippen molar-refractivity contribution in [3.63, 3.8) is 0 Å². The second kappa shape index (κ2) is 17.0. The number of ether oxygens (including phenoxy) is 3. The van der Waals surface area contributed by atoms with Crippen molar-refractivity contribution in [2.24, 2.45) is 0 Å². The van der Waals surface area contributed by atoms with Gasteiger partial charge in [0.05, 0.1) is 51.7 Å². The molecule has 6 amide bonds. The molecule has 0 radical (unpaired) electrons. The molecule has 5 rings (SSSR count). The first kappa shape index (κ1) is 33.9. The molecule has 1 unspecified atom stereocenters. The van der Waals surface area contributed by atoms with Crippen LogP contribution in [0.3, 0.4) is 0 Å². The number of anilines is 1. The van der Waals surface area contributed by atoms with Gasteiger partial charge in [0.2, 0.25) is 17.7 Å². The Morgan fingerprint density at radius 1 is 0.957 bits per heavy atom. The molecule has 0 bridgehead atoms. The third-order valence-corrected chi connectivity index (χ3v) is 10.0. The fraction of sp³-hybridized carbons (Fsp3) is 0.645. The molecule has 4 atom stereocenters. The van der Waals surface area contributed by atoms with Crippen LogP contribution >= 0.6 is 11.8 Å². The van der Waals surface area contributed by atoms with E-state index in [1.54, 1.807) is 6.07 Å². The van der Waals surface area contributed by atoms with Crippen LogP contribution in [0.4, 0.5) is 10.5 Å². The molecule has 252 valence electrons. The third kappa shape index (κ3) is 9.11. The molecule has 4 heterocycles. The number of unbranched alkanes of at least 4 members (excludes halogenated alkanes) is 1. The lowest BCUT2D eigenvalue weighted by Gasteiger charge is -2.29. The van der Waals surface area contributed by atoms with Gasteiger partial charge in [-0.2, -0.15) is 11.8 Å². The van der Waals surface area contributed by atoms with Gasteiger partial charge in [-0.25, -0.2) is 4.79 Å². The highest BCUT2D eigenvalue weighted by atomic mass is 32.2. The van der Waals surface area contributed by atoms with E-state index in [0.717, 1.165) is 36.3 Å². The third-order valence-electron chi connectivity index (χ3n) is 8.54. The number of nitrogens with zero attached hydrogens (tertiary/aromatic N) is 1. The minimum Gasteiger partial charge on any atom is -0.382 e. The van der Waals surface area contributed by atoms with E-state index in [9.17, 15) is 24.0 Å². The molecular formula is C31H44N6O8S. The molecule has 1 aromatic carbocycles. The normalized spacial score (nSPS) is 23.5. The van der Waals surface area contributed by atoms with E-state index in [4.69, 9.17) is 14.2 Å². The van der Waals surface area contributed by atoms with Crippen LogP contribution < -0.4 is 26.6 Å². The molecule has 0 saturated carbocycles. The monoisotopic (exact) mass is 660 g/mol. The van der Waals surface area contributed by atoms with Gasteiger partial charge >= 0.3 is 6.03 Å². The first-order valence-electron chi connectivity index (χ1n) is 16.1. The van der Waals surface area contributed by atoms with Gasteiger partial charge in [-0.1, -0.05) is 12.5 Å². The number of imide groups is 1. The van der Waals surface area contributed by atoms with Crippen LogP contribution in [0, 0.1) is 0 Å². The van der Waals surface area contributed by atoms with Crippen LogP contribution in [-0.2, 0) is 35.1 Å². The summed E-state index contributed by atoms with van der Waals surface area (Å²) in [4.78, 5) is 61.8. The number of carbonyl (C=O) groups is 5. The molecule has 1 aromatic rings. The number of hydrogen-bond acceptors (Lipinski definition) is 10. The maximum atomic E-state index is 12.9. The van der Waals surface area contributed by atoms with Gasteiger partial charge in [-0.05, 0) is 31.4 Å². The SMILES string of the molecule is O=C(CCCC[C@@H]1SC[C@@H]2NC(=O)N[C@@H]21)NCCOCCOCCOCCNc1cccc2c1CN(C1CCC(=O)NC1=O)C2=O. The molecular weight excluding hydrogens is 616 g/mol. The zero-order chi connectivity index (χ0) is 32.3. The predicted octanol–water partition coefficient (Wildman–Crippen LogP) is 0.751. The van der Waals surface area contributed by atoms with Gasteiger partial charge in [-0.3, -0.25) is 24.5 Å². The highest BCUT2D eigenvalue weighted by Crippen LogP contribution is 2.34. The van der Waals surface area contributed by atoms with Gasteiger partial charge in [0, 0.05) is 60.3 Å². The van der Waals surface area contributed by atoms with Crippen LogP contribution in [0.25, 0.3) is 0 Å². The lowest BCUT2D eigenvalue weighted by Crippen LogP contribution is -2.52. The van der Waals surface area contributed by atoms with E-state index in [0.29, 0.717) is 82.9 Å². The van der Waals surface area contributed by atoms with Crippen molar-refractivity contribution in [1.82, 2.24) is 26.2 Å². The Kier molecular flexibility index (Phi) is 12.5. The number of hydrogen-bond donors (Lipinski definition) is 5. The molecule has 3 fully saturated rings. The molecule has 0 aromatic heterocycles. The van der Waals surface area contributed by atoms with E-state index in [2.05, 4.69) is 26.6 Å². The molecule has 4 aliphatic rings. The summed E-state index contributed by atoms with van der Waals surface area (Å²) < 4.78 is 16.7. The van der Waals surface area contributed by atoms with Crippen molar-refractivity contribution in [3.8, 4) is 0 Å². The Morgan fingerprint density at radius 3 is 2.50 bits per heavy atom. The summed E-state index contributed by atoms with van der Waals surface area (Å²) in [5.41, 5.74) is 2.23. The Morgan fingerprint density at radius 2 is 1.72 bits per heavy atom. The largest absolute Gasteiger partial charge is 0.382 e. The van der Waals surface area contributed by atoms with Crippen molar-refractivity contribution in [2.75, 3.05) is 63.8 Å². The van der Waals surface area contributed by atoms with E-state index >= 15 is 0 Å². The van der Waals surface area contributed by atoms with E-state index < -0.39 is 11.9 Å². The minimum atomic E-state index is -0.640. The number of thioether (sulfide) groups is 1. The predicted molar refractivity (Wildman–Crippen MR) is 170 cm³/mol. The van der Waals surface area contributed by atoms with E-state index in [1.807, 2.05) is 23.9 Å². The Hall–Kier alpha value is -3.40. The molecule has 5 N–H and O–H groups in total. The topological polar surface area (TPSA) is 176 Å². The summed E-state index contributed by atoms with van der Waals surface area (Å²) >= 11 is 1.89. The van der Waals surface area contributed by atoms with Crippen LogP contribution in [-0.4, -0.2) is 116 Å². The quantitative estimate of drug-likeness (QED) is 0.0809. The summed E-state index contributed by atoms with van der Waals surface area (Å²) in [5, 5.41) is 14.9. The summed E-state index contributed by atoms with van der Waals surface area (Å²) in [5.74, 6) is 0.0492. The van der Waals surface area contributed by atoms with Gasteiger partial charge in [0.25, 0.3) is 5.91 Å². The molecule has 14 nitrogen and oxygen atoms in total. The summed E-state index contributed by atoms with van der Waals surface area (Å²) in [6.45, 7) is 3.90. The summed E-state index contributed by atoms with van der Waals surface area (Å²) in [6, 6.07) is 5.20. The Bertz CT molecular complexity index is 1270. The number of piperidine rings is 1. The average Bonchev–Trinajstić information content (AvgIpc) is 3.70. The van der Waals surface area contributed by atoms with Crippen LogP contribution in [0.2, 0.25) is 0 Å². The van der Waals surface area contributed by atoms with Crippen LogP contribution in [0.5, 0.6) is 0 Å². The lowest BCUT2D eigenvalue weighted by molar-refractivity contribution is -0.137. The molecule has 4 aliphatic heterocycles. The molecule has 46 heavy (non-hydrogen) atoms. The van der Waals surface area contributed by atoms with Gasteiger partial charge in [0.15, 0.2) is 0 Å².